The fourth-order valence-corrected chi connectivity index (χ4v) is 3.63. The van der Waals surface area contributed by atoms with Crippen LogP contribution >= 0.6 is 0 Å². The number of carboxylic acid groups (broad SMARTS) is 1. The SMILES string of the molecule is CC[C@H](NC(=O)OCc1ccccc1)C(=O)N1c2ccccc2[C@H](C)[C@@H]1C(=O)O. The van der Waals surface area contributed by atoms with Crippen LogP contribution in [0.5, 0.6) is 0 Å². The molecule has 0 unspecified atom stereocenters. The standard InChI is InChI=1S/C22H24N2O5/c1-3-17(23-22(28)29-13-15-9-5-4-6-10-15)20(25)24-18-12-8-7-11-16(18)14(2)19(24)21(26)27/h4-12,14,17,19H,3,13H2,1-2H3,(H,23,28)(H,26,27)/t14-,17-,19+/m0/s1. The summed E-state index contributed by atoms with van der Waals surface area (Å²) < 4.78 is 5.20. The minimum atomic E-state index is -1.08. The van der Waals surface area contributed by atoms with Gasteiger partial charge in [0.15, 0.2) is 0 Å². The maximum Gasteiger partial charge on any atom is 0.408 e. The second-order valence-electron chi connectivity index (χ2n) is 7.01. The molecule has 0 saturated carbocycles. The normalized spacial score (nSPS) is 18.6. The zero-order valence-corrected chi connectivity index (χ0v) is 16.4. The molecule has 0 saturated heterocycles. The number of para-hydroxylation sites is 1. The number of benzene rings is 2. The lowest BCUT2D eigenvalue weighted by Gasteiger charge is -2.28. The van der Waals surface area contributed by atoms with Gasteiger partial charge in [-0.05, 0) is 23.6 Å². The number of carboxylic acids is 1. The molecule has 1 heterocycles. The molecule has 0 aromatic heterocycles. The second-order valence-corrected chi connectivity index (χ2v) is 7.01. The van der Waals surface area contributed by atoms with Crippen LogP contribution in [-0.4, -0.2) is 35.2 Å². The molecule has 0 fully saturated rings. The number of ether oxygens (including phenoxy) is 1. The first-order valence-electron chi connectivity index (χ1n) is 9.56. The van der Waals surface area contributed by atoms with Gasteiger partial charge in [0.1, 0.15) is 18.7 Å². The van der Waals surface area contributed by atoms with E-state index >= 15 is 0 Å². The van der Waals surface area contributed by atoms with Gasteiger partial charge in [-0.3, -0.25) is 9.69 Å². The van der Waals surface area contributed by atoms with Gasteiger partial charge in [-0.25, -0.2) is 9.59 Å². The first-order chi connectivity index (χ1) is 13.9. The number of aliphatic carboxylic acids is 1. The summed E-state index contributed by atoms with van der Waals surface area (Å²) in [6.45, 7) is 3.62. The second kappa shape index (κ2) is 8.77. The third-order valence-corrected chi connectivity index (χ3v) is 5.14. The third-order valence-electron chi connectivity index (χ3n) is 5.14. The van der Waals surface area contributed by atoms with Crippen LogP contribution in [0.2, 0.25) is 0 Å². The lowest BCUT2D eigenvalue weighted by molar-refractivity contribution is -0.140. The van der Waals surface area contributed by atoms with Gasteiger partial charge in [-0.15, -0.1) is 0 Å². The first-order valence-corrected chi connectivity index (χ1v) is 9.56. The summed E-state index contributed by atoms with van der Waals surface area (Å²) in [5.74, 6) is -1.90. The number of hydrogen-bond acceptors (Lipinski definition) is 4. The number of alkyl carbamates (subject to hydrolysis) is 1. The molecule has 0 spiro atoms. The van der Waals surface area contributed by atoms with Crippen LogP contribution in [0.15, 0.2) is 54.6 Å². The average molecular weight is 396 g/mol. The minimum absolute atomic E-state index is 0.0820. The van der Waals surface area contributed by atoms with Crippen molar-refractivity contribution in [2.24, 2.45) is 0 Å². The summed E-state index contributed by atoms with van der Waals surface area (Å²) in [6, 6.07) is 14.4. The first kappa shape index (κ1) is 20.4. The summed E-state index contributed by atoms with van der Waals surface area (Å²) in [7, 11) is 0. The van der Waals surface area contributed by atoms with E-state index in [4.69, 9.17) is 4.74 Å². The van der Waals surface area contributed by atoms with Crippen LogP contribution in [0.25, 0.3) is 0 Å². The lowest BCUT2D eigenvalue weighted by Crippen LogP contribution is -2.53. The fraction of sp³-hybridized carbons (Fsp3) is 0.318. The Bertz CT molecular complexity index is 899. The molecule has 2 amide bonds. The molecule has 0 radical (unpaired) electrons. The zero-order valence-electron chi connectivity index (χ0n) is 16.4. The van der Waals surface area contributed by atoms with Gasteiger partial charge < -0.3 is 15.2 Å². The van der Waals surface area contributed by atoms with Crippen molar-refractivity contribution in [3.8, 4) is 0 Å². The van der Waals surface area contributed by atoms with Gasteiger partial charge in [0.05, 0.1) is 0 Å². The number of carbonyl (C=O) groups excluding carboxylic acids is 2. The van der Waals surface area contributed by atoms with Crippen LogP contribution in [-0.2, 0) is 20.9 Å². The molecule has 0 aliphatic carbocycles. The Hall–Kier alpha value is -3.35. The molecular formula is C22H24N2O5. The number of amides is 2. The molecule has 3 atom stereocenters. The maximum absolute atomic E-state index is 13.2. The molecule has 2 aromatic carbocycles. The van der Waals surface area contributed by atoms with Gasteiger partial charge in [0, 0.05) is 11.6 Å². The van der Waals surface area contributed by atoms with Crippen LogP contribution in [0.1, 0.15) is 37.3 Å². The highest BCUT2D eigenvalue weighted by atomic mass is 16.5. The van der Waals surface area contributed by atoms with Gasteiger partial charge in [0.2, 0.25) is 0 Å². The topological polar surface area (TPSA) is 95.9 Å². The zero-order chi connectivity index (χ0) is 21.0. The Morgan fingerprint density at radius 3 is 2.41 bits per heavy atom. The highest BCUT2D eigenvalue weighted by Crippen LogP contribution is 2.41. The molecule has 1 aliphatic rings. The highest BCUT2D eigenvalue weighted by Gasteiger charge is 2.45. The van der Waals surface area contributed by atoms with Gasteiger partial charge in [-0.2, -0.15) is 0 Å². The third kappa shape index (κ3) is 4.23. The van der Waals surface area contributed by atoms with Crippen LogP contribution < -0.4 is 10.2 Å². The van der Waals surface area contributed by atoms with Gasteiger partial charge in [0.25, 0.3) is 5.91 Å². The summed E-state index contributed by atoms with van der Waals surface area (Å²) in [4.78, 5) is 38.6. The largest absolute Gasteiger partial charge is 0.480 e. The molecule has 7 nitrogen and oxygen atoms in total. The number of fused-ring (bicyclic) bond motifs is 1. The van der Waals surface area contributed by atoms with E-state index in [-0.39, 0.29) is 12.5 Å². The Balaban J connectivity index is 1.74. The van der Waals surface area contributed by atoms with Crippen molar-refractivity contribution < 1.29 is 24.2 Å². The predicted octanol–water partition coefficient (Wildman–Crippen LogP) is 3.29. The van der Waals surface area contributed by atoms with E-state index in [0.29, 0.717) is 12.1 Å². The van der Waals surface area contributed by atoms with Crippen molar-refractivity contribution in [1.82, 2.24) is 5.32 Å². The number of carbonyl (C=O) groups is 3. The Morgan fingerprint density at radius 2 is 1.76 bits per heavy atom. The number of anilines is 1. The highest BCUT2D eigenvalue weighted by molar-refractivity contribution is 6.05. The molecule has 2 N–H and O–H groups in total. The Kier molecular flexibility index (Phi) is 6.16. The fourth-order valence-electron chi connectivity index (χ4n) is 3.63. The van der Waals surface area contributed by atoms with Crippen LogP contribution in [0.3, 0.4) is 0 Å². The summed E-state index contributed by atoms with van der Waals surface area (Å²) in [5, 5.41) is 12.3. The van der Waals surface area contributed by atoms with E-state index in [1.165, 1.54) is 4.90 Å². The minimum Gasteiger partial charge on any atom is -0.480 e. The molecular weight excluding hydrogens is 372 g/mol. The lowest BCUT2D eigenvalue weighted by atomic mass is 9.97. The molecule has 1 aliphatic heterocycles. The summed E-state index contributed by atoms with van der Waals surface area (Å²) >= 11 is 0. The number of hydrogen-bond donors (Lipinski definition) is 2. The molecule has 3 rings (SSSR count). The van der Waals surface area contributed by atoms with Gasteiger partial charge in [-0.1, -0.05) is 62.4 Å². The van der Waals surface area contributed by atoms with Crippen LogP contribution in [0, 0.1) is 0 Å². The predicted molar refractivity (Wildman–Crippen MR) is 108 cm³/mol. The van der Waals surface area contributed by atoms with E-state index in [1.807, 2.05) is 42.5 Å². The van der Waals surface area contributed by atoms with Crippen molar-refractivity contribution >= 4 is 23.7 Å². The summed E-state index contributed by atoms with van der Waals surface area (Å²) in [5.41, 5.74) is 2.19. The molecule has 2 aromatic rings. The van der Waals surface area contributed by atoms with Crippen molar-refractivity contribution in [2.45, 2.75) is 44.9 Å². The van der Waals surface area contributed by atoms with E-state index in [0.717, 1.165) is 11.1 Å². The quantitative estimate of drug-likeness (QED) is 0.781. The van der Waals surface area contributed by atoms with E-state index in [1.54, 1.807) is 26.0 Å². The Labute approximate surface area is 169 Å². The van der Waals surface area contributed by atoms with E-state index < -0.39 is 30.1 Å². The summed E-state index contributed by atoms with van der Waals surface area (Å²) in [6.07, 6.45) is -0.417. The molecule has 29 heavy (non-hydrogen) atoms. The number of rotatable bonds is 6. The maximum atomic E-state index is 13.2. The monoisotopic (exact) mass is 396 g/mol. The Morgan fingerprint density at radius 1 is 1.10 bits per heavy atom. The average Bonchev–Trinajstić information content (AvgIpc) is 3.03. The smallest absolute Gasteiger partial charge is 0.408 e. The van der Waals surface area contributed by atoms with E-state index in [9.17, 15) is 19.5 Å². The van der Waals surface area contributed by atoms with Crippen LogP contribution in [0.4, 0.5) is 10.5 Å². The van der Waals surface area contributed by atoms with Crippen molar-refractivity contribution in [2.75, 3.05) is 4.90 Å². The van der Waals surface area contributed by atoms with E-state index in [2.05, 4.69) is 5.32 Å². The van der Waals surface area contributed by atoms with Crippen molar-refractivity contribution in [3.05, 3.63) is 65.7 Å². The van der Waals surface area contributed by atoms with Crippen molar-refractivity contribution in [3.63, 3.8) is 0 Å². The van der Waals surface area contributed by atoms with Gasteiger partial charge >= 0.3 is 12.1 Å². The molecule has 0 bridgehead atoms. The van der Waals surface area contributed by atoms with Crippen molar-refractivity contribution in [1.29, 1.82) is 0 Å². The number of nitrogens with zero attached hydrogens (tertiary/aromatic N) is 1. The molecule has 152 valence electrons. The molecule has 7 heteroatoms. The number of nitrogens with one attached hydrogen (secondary N) is 1.